The van der Waals surface area contributed by atoms with Gasteiger partial charge < -0.3 is 5.11 Å². The summed E-state index contributed by atoms with van der Waals surface area (Å²) >= 11 is 1.20. The third-order valence-corrected chi connectivity index (χ3v) is 2.62. The molecule has 1 aromatic rings. The molecule has 1 rings (SSSR count). The van der Waals surface area contributed by atoms with Crippen LogP contribution in [0, 0.1) is 11.7 Å². The van der Waals surface area contributed by atoms with E-state index in [4.69, 9.17) is 5.11 Å². The molecule has 0 aliphatic heterocycles. The molecule has 0 aromatic carbocycles. The second kappa shape index (κ2) is 4.90. The molecule has 1 N–H and O–H groups in total. The minimum atomic E-state index is -0.861. The van der Waals surface area contributed by atoms with Crippen molar-refractivity contribution in [3.63, 3.8) is 0 Å². The fraction of sp³-hybridized carbons (Fsp3) is 0.375. The van der Waals surface area contributed by atoms with Crippen molar-refractivity contribution < 1.29 is 14.3 Å². The van der Waals surface area contributed by atoms with Gasteiger partial charge in [-0.05, 0) is 0 Å². The van der Waals surface area contributed by atoms with Crippen molar-refractivity contribution in [3.05, 3.63) is 18.2 Å². The molecule has 0 fully saturated rings. The molecule has 1 aromatic heterocycles. The van der Waals surface area contributed by atoms with Crippen molar-refractivity contribution >= 4 is 17.7 Å². The number of hydrogen-bond acceptors (Lipinski definition) is 4. The van der Waals surface area contributed by atoms with Gasteiger partial charge in [0, 0.05) is 5.75 Å². The van der Waals surface area contributed by atoms with Crippen molar-refractivity contribution in [3.8, 4) is 0 Å². The Morgan fingerprint density at radius 1 is 1.64 bits per heavy atom. The van der Waals surface area contributed by atoms with Crippen molar-refractivity contribution in [2.24, 2.45) is 5.92 Å². The number of rotatable bonds is 4. The van der Waals surface area contributed by atoms with Crippen LogP contribution in [-0.4, -0.2) is 26.8 Å². The highest BCUT2D eigenvalue weighted by Crippen LogP contribution is 2.15. The van der Waals surface area contributed by atoms with Crippen LogP contribution in [-0.2, 0) is 4.79 Å². The number of carboxylic acids is 1. The Kier molecular flexibility index (Phi) is 3.82. The van der Waals surface area contributed by atoms with E-state index in [0.29, 0.717) is 10.9 Å². The van der Waals surface area contributed by atoms with E-state index in [2.05, 4.69) is 9.97 Å². The van der Waals surface area contributed by atoms with Gasteiger partial charge in [-0.25, -0.2) is 14.4 Å². The Labute approximate surface area is 84.6 Å². The first-order valence-corrected chi connectivity index (χ1v) is 4.91. The van der Waals surface area contributed by atoms with Crippen LogP contribution in [0.1, 0.15) is 6.92 Å². The average Bonchev–Trinajstić information content (AvgIpc) is 2.16. The first-order chi connectivity index (χ1) is 6.59. The molecule has 1 heterocycles. The molecule has 0 spiro atoms. The van der Waals surface area contributed by atoms with E-state index in [1.54, 1.807) is 6.92 Å². The predicted molar refractivity (Wildman–Crippen MR) is 49.5 cm³/mol. The fourth-order valence-electron chi connectivity index (χ4n) is 0.646. The summed E-state index contributed by atoms with van der Waals surface area (Å²) in [6.07, 6.45) is 2.11. The van der Waals surface area contributed by atoms with Gasteiger partial charge in [-0.15, -0.1) is 0 Å². The molecule has 6 heteroatoms. The van der Waals surface area contributed by atoms with Crippen LogP contribution in [0.3, 0.4) is 0 Å². The minimum Gasteiger partial charge on any atom is -0.481 e. The summed E-state index contributed by atoms with van der Waals surface area (Å²) in [5, 5.41) is 8.98. The Hall–Kier alpha value is -1.17. The van der Waals surface area contributed by atoms with Crippen LogP contribution in [0.15, 0.2) is 17.6 Å². The normalized spacial score (nSPS) is 12.4. The number of halogens is 1. The highest BCUT2D eigenvalue weighted by Gasteiger charge is 2.11. The van der Waals surface area contributed by atoms with Crippen molar-refractivity contribution in [1.82, 2.24) is 9.97 Å². The van der Waals surface area contributed by atoms with E-state index in [1.165, 1.54) is 11.8 Å². The fourth-order valence-corrected chi connectivity index (χ4v) is 1.44. The molecule has 1 atom stereocenters. The smallest absolute Gasteiger partial charge is 0.307 e. The SMILES string of the molecule is CC(CSc1ncc(F)cn1)C(=O)O. The molecule has 0 saturated carbocycles. The highest BCUT2D eigenvalue weighted by atomic mass is 32.2. The minimum absolute atomic E-state index is 0.376. The van der Waals surface area contributed by atoms with Gasteiger partial charge in [0.25, 0.3) is 0 Å². The largest absolute Gasteiger partial charge is 0.481 e. The lowest BCUT2D eigenvalue weighted by Crippen LogP contribution is -2.11. The number of hydrogen-bond donors (Lipinski definition) is 1. The lowest BCUT2D eigenvalue weighted by molar-refractivity contribution is -0.140. The van der Waals surface area contributed by atoms with Crippen LogP contribution in [0.5, 0.6) is 0 Å². The summed E-state index contributed by atoms with van der Waals surface area (Å²) in [5.74, 6) is -1.45. The zero-order chi connectivity index (χ0) is 10.6. The Bertz CT molecular complexity index is 318. The maximum atomic E-state index is 12.4. The number of carbonyl (C=O) groups is 1. The molecule has 0 radical (unpaired) electrons. The maximum Gasteiger partial charge on any atom is 0.307 e. The highest BCUT2D eigenvalue weighted by molar-refractivity contribution is 7.99. The van der Waals surface area contributed by atoms with E-state index in [9.17, 15) is 9.18 Å². The van der Waals surface area contributed by atoms with Gasteiger partial charge in [-0.2, -0.15) is 0 Å². The molecule has 76 valence electrons. The van der Waals surface area contributed by atoms with Gasteiger partial charge in [-0.3, -0.25) is 4.79 Å². The lowest BCUT2D eigenvalue weighted by atomic mass is 10.2. The third kappa shape index (κ3) is 3.29. The van der Waals surface area contributed by atoms with Gasteiger partial charge in [0.05, 0.1) is 18.3 Å². The van der Waals surface area contributed by atoms with Gasteiger partial charge in [0.1, 0.15) is 0 Å². The van der Waals surface area contributed by atoms with Crippen LogP contribution >= 0.6 is 11.8 Å². The summed E-state index contributed by atoms with van der Waals surface area (Å²) in [6.45, 7) is 1.60. The van der Waals surface area contributed by atoms with Crippen LogP contribution in [0.4, 0.5) is 4.39 Å². The summed E-state index contributed by atoms with van der Waals surface area (Å²) in [6, 6.07) is 0. The lowest BCUT2D eigenvalue weighted by Gasteiger charge is -2.03. The monoisotopic (exact) mass is 216 g/mol. The average molecular weight is 216 g/mol. The van der Waals surface area contributed by atoms with E-state index >= 15 is 0 Å². The molecule has 0 amide bonds. The summed E-state index contributed by atoms with van der Waals surface area (Å²) in [5.41, 5.74) is 0. The summed E-state index contributed by atoms with van der Waals surface area (Å²) in [7, 11) is 0. The first-order valence-electron chi connectivity index (χ1n) is 3.92. The molecule has 0 bridgehead atoms. The molecule has 14 heavy (non-hydrogen) atoms. The number of aromatic nitrogens is 2. The molecular formula is C8H9FN2O2S. The van der Waals surface area contributed by atoms with Gasteiger partial charge in [0.2, 0.25) is 0 Å². The Morgan fingerprint density at radius 3 is 2.71 bits per heavy atom. The van der Waals surface area contributed by atoms with Crippen molar-refractivity contribution in [1.29, 1.82) is 0 Å². The first kappa shape index (κ1) is 10.9. The molecule has 4 nitrogen and oxygen atoms in total. The van der Waals surface area contributed by atoms with Crippen molar-refractivity contribution in [2.45, 2.75) is 12.1 Å². The summed E-state index contributed by atoms with van der Waals surface area (Å²) < 4.78 is 12.4. The zero-order valence-corrected chi connectivity index (χ0v) is 8.29. The number of aliphatic carboxylic acids is 1. The van der Waals surface area contributed by atoms with Crippen LogP contribution < -0.4 is 0 Å². The number of nitrogens with zero attached hydrogens (tertiary/aromatic N) is 2. The van der Waals surface area contributed by atoms with Crippen LogP contribution in [0.2, 0.25) is 0 Å². The molecule has 0 aliphatic carbocycles. The van der Waals surface area contributed by atoms with Gasteiger partial charge in [-0.1, -0.05) is 18.7 Å². The van der Waals surface area contributed by atoms with E-state index < -0.39 is 17.7 Å². The third-order valence-electron chi connectivity index (χ3n) is 1.48. The summed E-state index contributed by atoms with van der Waals surface area (Å²) in [4.78, 5) is 17.8. The van der Waals surface area contributed by atoms with E-state index in [-0.39, 0.29) is 0 Å². The Morgan fingerprint density at radius 2 is 2.21 bits per heavy atom. The Balaban J connectivity index is 2.46. The number of carboxylic acid groups (broad SMARTS) is 1. The quantitative estimate of drug-likeness (QED) is 0.609. The predicted octanol–water partition coefficient (Wildman–Crippen LogP) is 1.43. The van der Waals surface area contributed by atoms with Crippen LogP contribution in [0.25, 0.3) is 0 Å². The van der Waals surface area contributed by atoms with E-state index in [0.717, 1.165) is 12.4 Å². The van der Waals surface area contributed by atoms with Crippen molar-refractivity contribution in [2.75, 3.05) is 5.75 Å². The molecule has 1 unspecified atom stereocenters. The molecular weight excluding hydrogens is 207 g/mol. The molecule has 0 aliphatic rings. The topological polar surface area (TPSA) is 63.1 Å². The second-order valence-electron chi connectivity index (χ2n) is 2.73. The van der Waals surface area contributed by atoms with E-state index in [1.807, 2.05) is 0 Å². The second-order valence-corrected chi connectivity index (χ2v) is 3.72. The zero-order valence-electron chi connectivity index (χ0n) is 7.48. The standard InChI is InChI=1S/C8H9FN2O2S/c1-5(7(12)13)4-14-8-10-2-6(9)3-11-8/h2-3,5H,4H2,1H3,(H,12,13). The molecule has 0 saturated heterocycles. The van der Waals surface area contributed by atoms with Gasteiger partial charge >= 0.3 is 5.97 Å². The number of thioether (sulfide) groups is 1. The maximum absolute atomic E-state index is 12.4. The van der Waals surface area contributed by atoms with Gasteiger partial charge in [0.15, 0.2) is 11.0 Å².